The second-order valence-electron chi connectivity index (χ2n) is 11.2. The van der Waals surface area contributed by atoms with Crippen molar-refractivity contribution in [3.05, 3.63) is 108 Å². The first-order valence-electron chi connectivity index (χ1n) is 14.5. The van der Waals surface area contributed by atoms with Gasteiger partial charge in [-0.05, 0) is 54.6 Å². The number of aromatic nitrogens is 2. The molecule has 4 aromatic rings. The Morgan fingerprint density at radius 1 is 0.729 bits per heavy atom. The number of methoxy groups -OCH3 is 2. The first-order valence-corrected chi connectivity index (χ1v) is 21.1. The maximum absolute atomic E-state index is 13.3. The molecule has 0 fully saturated rings. The highest BCUT2D eigenvalue weighted by atomic mass is 32.2. The van der Waals surface area contributed by atoms with Crippen LogP contribution in [0.5, 0.6) is 0 Å². The van der Waals surface area contributed by atoms with Gasteiger partial charge in [-0.25, -0.2) is 23.9 Å². The van der Waals surface area contributed by atoms with Crippen LogP contribution in [0, 0.1) is 0 Å². The Balaban J connectivity index is 0.000000275. The second kappa shape index (κ2) is 17.0. The molecule has 0 saturated carbocycles. The van der Waals surface area contributed by atoms with Crippen molar-refractivity contribution in [1.29, 1.82) is 0 Å². The molecular formula is C32H38N4O9S2Si. The lowest BCUT2D eigenvalue weighted by atomic mass is 10.3. The van der Waals surface area contributed by atoms with Crippen LogP contribution >= 0.6 is 0 Å². The fourth-order valence-electron chi connectivity index (χ4n) is 3.95. The number of sulfonamides is 2. The SMILES string of the molecule is COC(=O)c1cccnc1S(=O)(=O)N(COCC[Si](C)(C)C)c1ccccc1.COC(=O)c1cccnc1S(=O)(=O)Nc1ccccc1. The Labute approximate surface area is 282 Å². The van der Waals surface area contributed by atoms with Crippen LogP contribution in [0.4, 0.5) is 11.4 Å². The Kier molecular flexibility index (Phi) is 13.4. The summed E-state index contributed by atoms with van der Waals surface area (Å²) in [5.74, 6) is -1.52. The van der Waals surface area contributed by atoms with Crippen molar-refractivity contribution in [1.82, 2.24) is 9.97 Å². The minimum Gasteiger partial charge on any atom is -0.465 e. The summed E-state index contributed by atoms with van der Waals surface area (Å²) in [7, 11) is -7.05. The summed E-state index contributed by atoms with van der Waals surface area (Å²) in [6, 6.07) is 23.5. The number of ether oxygens (including phenoxy) is 3. The number of rotatable bonds is 13. The molecule has 0 aliphatic heterocycles. The summed E-state index contributed by atoms with van der Waals surface area (Å²) in [6.45, 7) is 6.95. The smallest absolute Gasteiger partial charge is 0.340 e. The van der Waals surface area contributed by atoms with E-state index in [0.29, 0.717) is 18.0 Å². The lowest BCUT2D eigenvalue weighted by molar-refractivity contribution is 0.0586. The van der Waals surface area contributed by atoms with Crippen molar-refractivity contribution in [3.8, 4) is 0 Å². The predicted octanol–water partition coefficient (Wildman–Crippen LogP) is 5.04. The van der Waals surface area contributed by atoms with Gasteiger partial charge in [0.1, 0.15) is 6.73 Å². The third-order valence-electron chi connectivity index (χ3n) is 6.42. The van der Waals surface area contributed by atoms with E-state index in [9.17, 15) is 26.4 Å². The molecule has 256 valence electrons. The van der Waals surface area contributed by atoms with Crippen molar-refractivity contribution in [2.75, 3.05) is 36.6 Å². The summed E-state index contributed by atoms with van der Waals surface area (Å²) < 4.78 is 69.6. The molecule has 13 nitrogen and oxygen atoms in total. The van der Waals surface area contributed by atoms with Gasteiger partial charge in [-0.2, -0.15) is 16.8 Å². The van der Waals surface area contributed by atoms with Crippen LogP contribution in [0.25, 0.3) is 0 Å². The fraction of sp³-hybridized carbons (Fsp3) is 0.250. The van der Waals surface area contributed by atoms with Gasteiger partial charge >= 0.3 is 11.9 Å². The monoisotopic (exact) mass is 714 g/mol. The van der Waals surface area contributed by atoms with Gasteiger partial charge in [0.2, 0.25) is 0 Å². The maximum Gasteiger partial charge on any atom is 0.340 e. The third-order valence-corrected chi connectivity index (χ3v) is 11.2. The number of pyridine rings is 2. The zero-order valence-electron chi connectivity index (χ0n) is 27.2. The third kappa shape index (κ3) is 10.4. The standard InChI is InChI=1S/C19H26N2O5SSi.C13H12N2O4S/c1-25-19(22)17-11-8-12-20-18(17)27(23,24)21(16-9-6-5-7-10-16)15-26-13-14-28(2,3)4;1-19-13(16)11-8-5-9-14-12(11)20(17,18)15-10-6-3-2-4-7-10/h5-12H,13-15H2,1-4H3;2-9,15H,1H3. The lowest BCUT2D eigenvalue weighted by Crippen LogP contribution is -2.35. The summed E-state index contributed by atoms with van der Waals surface area (Å²) in [5, 5.41) is -0.727. The molecule has 1 N–H and O–H groups in total. The molecule has 2 aromatic heterocycles. The zero-order chi connectivity index (χ0) is 35.4. The predicted molar refractivity (Wildman–Crippen MR) is 183 cm³/mol. The number of para-hydroxylation sites is 2. The van der Waals surface area contributed by atoms with Crippen LogP contribution < -0.4 is 9.03 Å². The minimum absolute atomic E-state index is 0.113. The number of hydrogen-bond acceptors (Lipinski definition) is 11. The van der Waals surface area contributed by atoms with Crippen molar-refractivity contribution in [2.45, 2.75) is 35.7 Å². The molecule has 0 atom stereocenters. The summed E-state index contributed by atoms with van der Waals surface area (Å²) in [5.41, 5.74) is 0.581. The average Bonchev–Trinajstić information content (AvgIpc) is 3.08. The first kappa shape index (κ1) is 37.8. The molecular weight excluding hydrogens is 677 g/mol. The van der Waals surface area contributed by atoms with Crippen LogP contribution in [0.3, 0.4) is 0 Å². The fourth-order valence-corrected chi connectivity index (χ4v) is 7.33. The number of nitrogens with one attached hydrogen (secondary N) is 1. The molecule has 0 saturated heterocycles. The van der Waals surface area contributed by atoms with E-state index in [1.54, 1.807) is 60.7 Å². The van der Waals surface area contributed by atoms with E-state index in [-0.39, 0.29) is 27.9 Å². The molecule has 0 amide bonds. The molecule has 0 radical (unpaired) electrons. The molecule has 48 heavy (non-hydrogen) atoms. The van der Waals surface area contributed by atoms with Crippen LogP contribution in [0.1, 0.15) is 20.7 Å². The van der Waals surface area contributed by atoms with E-state index in [4.69, 9.17) is 9.47 Å². The van der Waals surface area contributed by atoms with Gasteiger partial charge in [-0.1, -0.05) is 56.0 Å². The normalized spacial score (nSPS) is 11.4. The summed E-state index contributed by atoms with van der Waals surface area (Å²) in [4.78, 5) is 31.3. The van der Waals surface area contributed by atoms with E-state index in [0.717, 1.165) is 10.3 Å². The maximum atomic E-state index is 13.3. The molecule has 0 aliphatic carbocycles. The van der Waals surface area contributed by atoms with Crippen molar-refractivity contribution >= 4 is 51.4 Å². The van der Waals surface area contributed by atoms with Crippen molar-refractivity contribution in [3.63, 3.8) is 0 Å². The topological polar surface area (TPSA) is 171 Å². The van der Waals surface area contributed by atoms with Gasteiger partial charge in [-0.3, -0.25) is 4.72 Å². The van der Waals surface area contributed by atoms with Crippen LogP contribution in [0.15, 0.2) is 107 Å². The van der Waals surface area contributed by atoms with Gasteiger partial charge in [0, 0.05) is 32.8 Å². The molecule has 2 heterocycles. The van der Waals surface area contributed by atoms with E-state index in [1.165, 1.54) is 50.9 Å². The van der Waals surface area contributed by atoms with Crippen LogP contribution in [0.2, 0.25) is 25.7 Å². The highest BCUT2D eigenvalue weighted by molar-refractivity contribution is 7.93. The van der Waals surface area contributed by atoms with Crippen LogP contribution in [-0.4, -0.2) is 74.4 Å². The highest BCUT2D eigenvalue weighted by Crippen LogP contribution is 2.25. The Hall–Kier alpha value is -4.64. The zero-order valence-corrected chi connectivity index (χ0v) is 29.8. The largest absolute Gasteiger partial charge is 0.465 e. The Morgan fingerprint density at radius 3 is 1.75 bits per heavy atom. The highest BCUT2D eigenvalue weighted by Gasteiger charge is 2.31. The van der Waals surface area contributed by atoms with Gasteiger partial charge in [0.15, 0.2) is 10.1 Å². The number of benzene rings is 2. The van der Waals surface area contributed by atoms with Gasteiger partial charge in [0.05, 0.1) is 31.0 Å². The molecule has 0 unspecified atom stereocenters. The second-order valence-corrected chi connectivity index (χ2v) is 20.2. The van der Waals surface area contributed by atoms with Crippen LogP contribution in [-0.2, 0) is 34.3 Å². The van der Waals surface area contributed by atoms with Crippen molar-refractivity contribution < 1.29 is 40.6 Å². The molecule has 16 heteroatoms. The van der Waals surface area contributed by atoms with E-state index < -0.39 is 40.1 Å². The van der Waals surface area contributed by atoms with Gasteiger partial charge in [0.25, 0.3) is 20.0 Å². The lowest BCUT2D eigenvalue weighted by Gasteiger charge is -2.25. The van der Waals surface area contributed by atoms with E-state index >= 15 is 0 Å². The summed E-state index contributed by atoms with van der Waals surface area (Å²) >= 11 is 0. The van der Waals surface area contributed by atoms with Crippen molar-refractivity contribution in [2.24, 2.45) is 0 Å². The van der Waals surface area contributed by atoms with E-state index in [1.807, 2.05) is 0 Å². The number of nitrogens with zero attached hydrogens (tertiary/aromatic N) is 3. The van der Waals surface area contributed by atoms with Gasteiger partial charge < -0.3 is 14.2 Å². The van der Waals surface area contributed by atoms with Gasteiger partial charge in [-0.15, -0.1) is 0 Å². The Bertz CT molecular complexity index is 1890. The minimum atomic E-state index is -4.15. The average molecular weight is 715 g/mol. The number of hydrogen-bond donors (Lipinski definition) is 1. The quantitative estimate of drug-likeness (QED) is 0.0851. The number of anilines is 2. The van der Waals surface area contributed by atoms with E-state index in [2.05, 4.69) is 39.1 Å². The number of carbonyl (C=O) groups is 2. The molecule has 2 aromatic carbocycles. The first-order chi connectivity index (χ1) is 22.7. The molecule has 0 bridgehead atoms. The number of esters is 2. The molecule has 0 spiro atoms. The molecule has 4 rings (SSSR count). The Morgan fingerprint density at radius 2 is 1.23 bits per heavy atom. The molecule has 0 aliphatic rings. The summed E-state index contributed by atoms with van der Waals surface area (Å²) in [6.07, 6.45) is 2.63. The number of carbonyl (C=O) groups excluding carboxylic acids is 2.